The molecule has 0 spiro atoms. The van der Waals surface area contributed by atoms with E-state index in [1.807, 2.05) is 0 Å². The molecule has 0 aromatic heterocycles. The molecule has 1 saturated heterocycles. The number of ether oxygens (including phenoxy) is 1. The van der Waals surface area contributed by atoms with E-state index >= 15 is 0 Å². The van der Waals surface area contributed by atoms with Gasteiger partial charge in [0.05, 0.1) is 13.2 Å². The maximum atomic E-state index is 11.7. The molecular formula is C6H16ClN3O2S. The molecule has 13 heavy (non-hydrogen) atoms. The summed E-state index contributed by atoms with van der Waals surface area (Å²) >= 11 is 0. The molecule has 1 fully saturated rings. The SMILES string of the molecule is CN(C)S(=N)(=O)N1CCOCC1.Cl. The maximum Gasteiger partial charge on any atom is 0.174 e. The number of rotatable bonds is 2. The topological polar surface area (TPSA) is 56.6 Å². The molecule has 80 valence electrons. The molecule has 7 heteroatoms. The Labute approximate surface area is 85.7 Å². The second-order valence-corrected chi connectivity index (χ2v) is 5.09. The first-order valence-corrected chi connectivity index (χ1v) is 5.31. The minimum Gasteiger partial charge on any atom is -0.379 e. The molecule has 1 unspecified atom stereocenters. The lowest BCUT2D eigenvalue weighted by molar-refractivity contribution is 0.0726. The molecule has 1 heterocycles. The molecule has 1 rings (SSSR count). The number of halogens is 1. The normalized spacial score (nSPS) is 23.6. The standard InChI is InChI=1S/C6H15N3O2S.ClH/c1-8(2)12(7,10)9-3-5-11-6-4-9;/h7H,3-6H2,1-2H3;1H. The smallest absolute Gasteiger partial charge is 0.174 e. The molecule has 0 amide bonds. The Bertz CT molecular complexity index is 236. The predicted octanol–water partition coefficient (Wildman–Crippen LogP) is 0.179. The Balaban J connectivity index is 0.00000144. The Morgan fingerprint density at radius 2 is 1.85 bits per heavy atom. The molecule has 0 aromatic rings. The van der Waals surface area contributed by atoms with Gasteiger partial charge in [-0.2, -0.15) is 0 Å². The van der Waals surface area contributed by atoms with Gasteiger partial charge in [0.1, 0.15) is 0 Å². The van der Waals surface area contributed by atoms with Crippen LogP contribution in [0, 0.1) is 4.78 Å². The van der Waals surface area contributed by atoms with Gasteiger partial charge in [0.25, 0.3) is 0 Å². The quantitative estimate of drug-likeness (QED) is 0.735. The zero-order chi connectivity index (χ0) is 9.19. The minimum atomic E-state index is -2.71. The van der Waals surface area contributed by atoms with Crippen LogP contribution in [-0.2, 0) is 14.8 Å². The van der Waals surface area contributed by atoms with Gasteiger partial charge in [-0.25, -0.2) is 17.6 Å². The van der Waals surface area contributed by atoms with Gasteiger partial charge < -0.3 is 4.74 Å². The average molecular weight is 230 g/mol. The van der Waals surface area contributed by atoms with E-state index in [4.69, 9.17) is 9.52 Å². The van der Waals surface area contributed by atoms with Gasteiger partial charge in [0.2, 0.25) is 0 Å². The van der Waals surface area contributed by atoms with Gasteiger partial charge in [-0.15, -0.1) is 12.4 Å². The van der Waals surface area contributed by atoms with Gasteiger partial charge in [0, 0.05) is 27.2 Å². The Morgan fingerprint density at radius 1 is 1.38 bits per heavy atom. The Hall–Kier alpha value is 0.120. The van der Waals surface area contributed by atoms with Crippen LogP contribution in [0.5, 0.6) is 0 Å². The molecule has 0 bridgehead atoms. The highest BCUT2D eigenvalue weighted by Gasteiger charge is 2.22. The summed E-state index contributed by atoms with van der Waals surface area (Å²) in [5, 5.41) is 0. The van der Waals surface area contributed by atoms with Gasteiger partial charge in [-0.3, -0.25) is 0 Å². The Morgan fingerprint density at radius 3 is 2.23 bits per heavy atom. The lowest BCUT2D eigenvalue weighted by Crippen LogP contribution is -2.45. The van der Waals surface area contributed by atoms with E-state index in [-0.39, 0.29) is 12.4 Å². The molecule has 1 atom stereocenters. The van der Waals surface area contributed by atoms with E-state index in [1.54, 1.807) is 18.4 Å². The maximum absolute atomic E-state index is 11.7. The summed E-state index contributed by atoms with van der Waals surface area (Å²) in [6.45, 7) is 2.31. The van der Waals surface area contributed by atoms with Crippen LogP contribution in [0.15, 0.2) is 0 Å². The van der Waals surface area contributed by atoms with Crippen LogP contribution in [0.4, 0.5) is 0 Å². The first-order chi connectivity index (χ1) is 5.55. The molecule has 1 aliphatic rings. The van der Waals surface area contributed by atoms with Crippen LogP contribution in [-0.4, -0.2) is 53.2 Å². The zero-order valence-corrected chi connectivity index (χ0v) is 9.49. The highest BCUT2D eigenvalue weighted by atomic mass is 35.5. The van der Waals surface area contributed by atoms with E-state index in [0.29, 0.717) is 26.3 Å². The van der Waals surface area contributed by atoms with Gasteiger partial charge in [-0.05, 0) is 0 Å². The minimum absolute atomic E-state index is 0. The number of hydrogen-bond donors (Lipinski definition) is 1. The molecular weight excluding hydrogens is 214 g/mol. The van der Waals surface area contributed by atoms with Crippen molar-refractivity contribution in [1.29, 1.82) is 4.78 Å². The zero-order valence-electron chi connectivity index (χ0n) is 7.86. The van der Waals surface area contributed by atoms with E-state index < -0.39 is 10.1 Å². The number of morpholine rings is 1. The summed E-state index contributed by atoms with van der Waals surface area (Å²) in [5.74, 6) is 0. The fourth-order valence-corrected chi connectivity index (χ4v) is 2.13. The fourth-order valence-electron chi connectivity index (χ4n) is 1.03. The Kier molecular flexibility index (Phi) is 5.16. The summed E-state index contributed by atoms with van der Waals surface area (Å²) in [7, 11) is 0.602. The molecule has 1 aliphatic heterocycles. The van der Waals surface area contributed by atoms with E-state index in [9.17, 15) is 4.21 Å². The van der Waals surface area contributed by atoms with Crippen molar-refractivity contribution in [2.75, 3.05) is 40.4 Å². The molecule has 0 aliphatic carbocycles. The molecule has 0 radical (unpaired) electrons. The first-order valence-electron chi connectivity index (χ1n) is 3.84. The highest BCUT2D eigenvalue weighted by Crippen LogP contribution is 2.07. The van der Waals surface area contributed by atoms with Crippen molar-refractivity contribution in [1.82, 2.24) is 8.61 Å². The second kappa shape index (κ2) is 5.11. The summed E-state index contributed by atoms with van der Waals surface area (Å²) in [5.41, 5.74) is 0. The lowest BCUT2D eigenvalue weighted by atomic mass is 10.5. The second-order valence-electron chi connectivity index (χ2n) is 2.85. The third kappa shape index (κ3) is 3.07. The summed E-state index contributed by atoms with van der Waals surface area (Å²) in [4.78, 5) is 0. The number of nitrogens with one attached hydrogen (secondary N) is 1. The lowest BCUT2D eigenvalue weighted by Gasteiger charge is -2.30. The van der Waals surface area contributed by atoms with Crippen molar-refractivity contribution in [3.63, 3.8) is 0 Å². The molecule has 0 aromatic carbocycles. The van der Waals surface area contributed by atoms with Crippen molar-refractivity contribution in [2.45, 2.75) is 0 Å². The molecule has 1 N–H and O–H groups in total. The predicted molar refractivity (Wildman–Crippen MR) is 54.2 cm³/mol. The number of nitrogens with zero attached hydrogens (tertiary/aromatic N) is 2. The van der Waals surface area contributed by atoms with Crippen LogP contribution >= 0.6 is 12.4 Å². The van der Waals surface area contributed by atoms with Gasteiger partial charge >= 0.3 is 0 Å². The summed E-state index contributed by atoms with van der Waals surface area (Å²) < 4.78 is 27.5. The van der Waals surface area contributed by atoms with Crippen LogP contribution in [0.1, 0.15) is 0 Å². The van der Waals surface area contributed by atoms with Crippen LogP contribution in [0.2, 0.25) is 0 Å². The van der Waals surface area contributed by atoms with Crippen molar-refractivity contribution in [3.05, 3.63) is 0 Å². The van der Waals surface area contributed by atoms with Crippen molar-refractivity contribution < 1.29 is 8.95 Å². The van der Waals surface area contributed by atoms with E-state index in [2.05, 4.69) is 0 Å². The first kappa shape index (κ1) is 13.1. The molecule has 0 saturated carbocycles. The largest absolute Gasteiger partial charge is 0.379 e. The summed E-state index contributed by atoms with van der Waals surface area (Å²) in [6.07, 6.45) is 0. The van der Waals surface area contributed by atoms with Crippen molar-refractivity contribution in [3.8, 4) is 0 Å². The van der Waals surface area contributed by atoms with E-state index in [1.165, 1.54) is 4.31 Å². The number of hydrogen-bond acceptors (Lipinski definition) is 3. The van der Waals surface area contributed by atoms with Gasteiger partial charge in [0.15, 0.2) is 10.1 Å². The monoisotopic (exact) mass is 229 g/mol. The third-order valence-corrected chi connectivity index (χ3v) is 3.87. The highest BCUT2D eigenvalue weighted by molar-refractivity contribution is 7.87. The van der Waals surface area contributed by atoms with Gasteiger partial charge in [-0.1, -0.05) is 0 Å². The van der Waals surface area contributed by atoms with Crippen LogP contribution in [0.25, 0.3) is 0 Å². The van der Waals surface area contributed by atoms with Crippen LogP contribution in [0.3, 0.4) is 0 Å². The average Bonchev–Trinajstić information content (AvgIpc) is 2.06. The van der Waals surface area contributed by atoms with E-state index in [0.717, 1.165) is 0 Å². The van der Waals surface area contributed by atoms with Crippen molar-refractivity contribution in [2.24, 2.45) is 0 Å². The van der Waals surface area contributed by atoms with Crippen molar-refractivity contribution >= 4 is 22.5 Å². The van der Waals surface area contributed by atoms with Crippen LogP contribution < -0.4 is 0 Å². The molecule has 5 nitrogen and oxygen atoms in total. The third-order valence-electron chi connectivity index (χ3n) is 1.81. The summed E-state index contributed by atoms with van der Waals surface area (Å²) in [6, 6.07) is 0. The fraction of sp³-hybridized carbons (Fsp3) is 1.00.